The first-order valence-electron chi connectivity index (χ1n) is 6.06. The van der Waals surface area contributed by atoms with E-state index in [1.807, 2.05) is 0 Å². The first kappa shape index (κ1) is 15.9. The minimum absolute atomic E-state index is 0.0960. The molecular weight excluding hydrogens is 307 g/mol. The number of hydrogen-bond acceptors (Lipinski definition) is 1. The molecule has 0 fully saturated rings. The van der Waals surface area contributed by atoms with Crippen LogP contribution in [-0.4, -0.2) is 11.1 Å². The van der Waals surface area contributed by atoms with Crippen LogP contribution in [0.1, 0.15) is 22.6 Å². The highest BCUT2D eigenvalue weighted by atomic mass is 19.2. The van der Waals surface area contributed by atoms with Crippen LogP contribution in [0, 0.1) is 36.0 Å². The smallest absolute Gasteiger partial charge is 0.315 e. The SMILES string of the molecule is Cc1ccc(C(C(=O)O)c2c(F)c(F)c(F)c(F)c2F)cc1. The summed E-state index contributed by atoms with van der Waals surface area (Å²) < 4.78 is 67.1. The maximum Gasteiger partial charge on any atom is 0.315 e. The van der Waals surface area contributed by atoms with E-state index >= 15 is 0 Å². The van der Waals surface area contributed by atoms with Crippen molar-refractivity contribution in [3.05, 3.63) is 70.0 Å². The van der Waals surface area contributed by atoms with E-state index in [2.05, 4.69) is 0 Å². The Balaban J connectivity index is 2.75. The Kier molecular flexibility index (Phi) is 4.16. The van der Waals surface area contributed by atoms with Gasteiger partial charge in [-0.25, -0.2) is 22.0 Å². The molecule has 0 aliphatic heterocycles. The highest BCUT2D eigenvalue weighted by Gasteiger charge is 2.34. The van der Waals surface area contributed by atoms with Gasteiger partial charge < -0.3 is 5.11 Å². The predicted octanol–water partition coefficient (Wildman–Crippen LogP) is 3.91. The van der Waals surface area contributed by atoms with Crippen LogP contribution >= 0.6 is 0 Å². The van der Waals surface area contributed by atoms with Gasteiger partial charge in [0, 0.05) is 5.56 Å². The summed E-state index contributed by atoms with van der Waals surface area (Å²) in [6.45, 7) is 1.69. The number of aliphatic carboxylic acids is 1. The van der Waals surface area contributed by atoms with Gasteiger partial charge in [-0.15, -0.1) is 0 Å². The van der Waals surface area contributed by atoms with Gasteiger partial charge in [0.1, 0.15) is 5.92 Å². The summed E-state index contributed by atoms with van der Waals surface area (Å²) in [6.07, 6.45) is 0. The lowest BCUT2D eigenvalue weighted by atomic mass is 9.89. The van der Waals surface area contributed by atoms with Crippen molar-refractivity contribution in [2.45, 2.75) is 12.8 Å². The Morgan fingerprint density at radius 2 is 1.27 bits per heavy atom. The number of aryl methyl sites for hydroxylation is 1. The molecule has 0 radical (unpaired) electrons. The fraction of sp³-hybridized carbons (Fsp3) is 0.133. The van der Waals surface area contributed by atoms with E-state index in [1.165, 1.54) is 24.3 Å². The molecule has 0 aromatic heterocycles. The third kappa shape index (κ3) is 2.54. The largest absolute Gasteiger partial charge is 0.481 e. The Morgan fingerprint density at radius 1 is 0.864 bits per heavy atom. The van der Waals surface area contributed by atoms with E-state index in [0.29, 0.717) is 0 Å². The van der Waals surface area contributed by atoms with Crippen LogP contribution < -0.4 is 0 Å². The zero-order chi connectivity index (χ0) is 16.6. The second kappa shape index (κ2) is 5.75. The van der Waals surface area contributed by atoms with Crippen LogP contribution in [0.2, 0.25) is 0 Å². The van der Waals surface area contributed by atoms with Crippen molar-refractivity contribution >= 4 is 5.97 Å². The van der Waals surface area contributed by atoms with Gasteiger partial charge in [-0.3, -0.25) is 4.79 Å². The second-order valence-electron chi connectivity index (χ2n) is 4.67. The fourth-order valence-electron chi connectivity index (χ4n) is 2.07. The number of benzene rings is 2. The molecule has 0 heterocycles. The molecular formula is C15H9F5O2. The zero-order valence-electron chi connectivity index (χ0n) is 11.1. The van der Waals surface area contributed by atoms with E-state index in [0.717, 1.165) is 5.56 Å². The first-order chi connectivity index (χ1) is 10.3. The van der Waals surface area contributed by atoms with Crippen molar-refractivity contribution in [2.24, 2.45) is 0 Å². The number of carboxylic acid groups (broad SMARTS) is 1. The van der Waals surface area contributed by atoms with Crippen LogP contribution in [0.3, 0.4) is 0 Å². The van der Waals surface area contributed by atoms with E-state index in [9.17, 15) is 31.9 Å². The molecule has 0 spiro atoms. The van der Waals surface area contributed by atoms with E-state index in [4.69, 9.17) is 0 Å². The third-order valence-electron chi connectivity index (χ3n) is 3.19. The number of carboxylic acids is 1. The summed E-state index contributed by atoms with van der Waals surface area (Å²) in [5.74, 6) is -14.7. The molecule has 1 N–H and O–H groups in total. The van der Waals surface area contributed by atoms with Crippen LogP contribution in [0.15, 0.2) is 24.3 Å². The summed E-state index contributed by atoms with van der Waals surface area (Å²) >= 11 is 0. The van der Waals surface area contributed by atoms with E-state index in [-0.39, 0.29) is 5.56 Å². The van der Waals surface area contributed by atoms with Crippen molar-refractivity contribution < 1.29 is 31.9 Å². The average molecular weight is 316 g/mol. The van der Waals surface area contributed by atoms with Crippen LogP contribution in [0.4, 0.5) is 22.0 Å². The predicted molar refractivity (Wildman–Crippen MR) is 66.9 cm³/mol. The lowest BCUT2D eigenvalue weighted by Gasteiger charge is -2.16. The highest BCUT2D eigenvalue weighted by molar-refractivity contribution is 5.80. The summed E-state index contributed by atoms with van der Waals surface area (Å²) in [6, 6.07) is 5.45. The summed E-state index contributed by atoms with van der Waals surface area (Å²) in [4.78, 5) is 11.3. The van der Waals surface area contributed by atoms with Crippen molar-refractivity contribution in [3.8, 4) is 0 Å². The van der Waals surface area contributed by atoms with Gasteiger partial charge in [0.2, 0.25) is 5.82 Å². The highest BCUT2D eigenvalue weighted by Crippen LogP contribution is 2.33. The molecule has 22 heavy (non-hydrogen) atoms. The molecule has 2 nitrogen and oxygen atoms in total. The summed E-state index contributed by atoms with van der Waals surface area (Å²) in [5, 5.41) is 9.18. The molecule has 7 heteroatoms. The Labute approximate surface area is 121 Å². The number of carbonyl (C=O) groups is 1. The second-order valence-corrected chi connectivity index (χ2v) is 4.67. The third-order valence-corrected chi connectivity index (χ3v) is 3.19. The molecule has 0 saturated heterocycles. The molecule has 0 saturated carbocycles. The molecule has 2 aromatic rings. The normalized spacial score (nSPS) is 12.3. The van der Waals surface area contributed by atoms with Crippen LogP contribution in [-0.2, 0) is 4.79 Å². The molecule has 1 atom stereocenters. The molecule has 2 aromatic carbocycles. The topological polar surface area (TPSA) is 37.3 Å². The van der Waals surface area contributed by atoms with Gasteiger partial charge in [-0.2, -0.15) is 0 Å². The van der Waals surface area contributed by atoms with Gasteiger partial charge in [-0.1, -0.05) is 29.8 Å². The number of halogens is 5. The quantitative estimate of drug-likeness (QED) is 0.530. The monoisotopic (exact) mass is 316 g/mol. The van der Waals surface area contributed by atoms with E-state index < -0.39 is 46.5 Å². The average Bonchev–Trinajstić information content (AvgIpc) is 2.48. The molecule has 0 aliphatic carbocycles. The molecule has 1 unspecified atom stereocenters. The van der Waals surface area contributed by atoms with Gasteiger partial charge >= 0.3 is 5.97 Å². The van der Waals surface area contributed by atoms with Crippen LogP contribution in [0.5, 0.6) is 0 Å². The van der Waals surface area contributed by atoms with Gasteiger partial charge in [0.15, 0.2) is 23.3 Å². The Hall–Kier alpha value is -2.44. The lowest BCUT2D eigenvalue weighted by Crippen LogP contribution is -2.19. The molecule has 0 amide bonds. The lowest BCUT2D eigenvalue weighted by molar-refractivity contribution is -0.137. The maximum absolute atomic E-state index is 13.8. The Morgan fingerprint density at radius 3 is 1.68 bits per heavy atom. The van der Waals surface area contributed by atoms with Gasteiger partial charge in [0.05, 0.1) is 0 Å². The summed E-state index contributed by atoms with van der Waals surface area (Å²) in [7, 11) is 0. The standard InChI is InChI=1S/C15H9F5O2/c1-6-2-4-7(5-3-6)8(15(21)22)9-10(16)12(18)14(20)13(19)11(9)17/h2-5,8H,1H3,(H,21,22). The minimum Gasteiger partial charge on any atom is -0.481 e. The zero-order valence-corrected chi connectivity index (χ0v) is 11.1. The number of hydrogen-bond donors (Lipinski definition) is 1. The van der Waals surface area contributed by atoms with Gasteiger partial charge in [0.25, 0.3) is 0 Å². The number of rotatable bonds is 3. The van der Waals surface area contributed by atoms with Crippen molar-refractivity contribution in [3.63, 3.8) is 0 Å². The first-order valence-corrected chi connectivity index (χ1v) is 6.06. The fourth-order valence-corrected chi connectivity index (χ4v) is 2.07. The molecule has 116 valence electrons. The maximum atomic E-state index is 13.8. The van der Waals surface area contributed by atoms with Crippen LogP contribution in [0.25, 0.3) is 0 Å². The van der Waals surface area contributed by atoms with Crippen molar-refractivity contribution in [1.29, 1.82) is 0 Å². The molecule has 2 rings (SSSR count). The van der Waals surface area contributed by atoms with Gasteiger partial charge in [-0.05, 0) is 12.5 Å². The van der Waals surface area contributed by atoms with E-state index in [1.54, 1.807) is 6.92 Å². The van der Waals surface area contributed by atoms with Crippen molar-refractivity contribution in [2.75, 3.05) is 0 Å². The summed E-state index contributed by atoms with van der Waals surface area (Å²) in [5.41, 5.74) is -0.737. The molecule has 0 bridgehead atoms. The Bertz CT molecular complexity index is 712. The van der Waals surface area contributed by atoms with Crippen molar-refractivity contribution in [1.82, 2.24) is 0 Å². The minimum atomic E-state index is -2.33. The molecule has 0 aliphatic rings.